The summed E-state index contributed by atoms with van der Waals surface area (Å²) >= 11 is 0. The fourth-order valence-corrected chi connectivity index (χ4v) is 5.14. The van der Waals surface area contributed by atoms with Crippen LogP contribution in [0.25, 0.3) is 17.0 Å². The smallest absolute Gasteiger partial charge is 0.223 e. The van der Waals surface area contributed by atoms with Crippen LogP contribution in [-0.4, -0.2) is 53.0 Å². The highest BCUT2D eigenvalue weighted by Crippen LogP contribution is 2.35. The first-order chi connectivity index (χ1) is 17.6. The second-order valence-electron chi connectivity index (χ2n) is 9.52. The summed E-state index contributed by atoms with van der Waals surface area (Å²) in [6.07, 6.45) is 6.82. The normalized spacial score (nSPS) is 15.6. The quantitative estimate of drug-likeness (QED) is 0.339. The topological polar surface area (TPSA) is 28.5 Å². The molecule has 1 aliphatic heterocycles. The molecule has 4 nitrogen and oxygen atoms in total. The minimum atomic E-state index is -0.265. The molecule has 3 aromatic carbocycles. The first kappa shape index (κ1) is 24.0. The number of piperazine rings is 1. The number of aryl methyl sites for hydroxylation is 1. The molecule has 1 atom stereocenters. The standard InChI is InChI=1S/C31H32FN3O/c1-33-23-29(27-11-5-6-12-30(27)33)28(25-13-15-26(32)16-14-25)22-31(36)35-20-18-34(19-21-35)17-7-10-24-8-3-2-4-9-24/h2-16,23,28H,17-22H2,1H3/b10-7+. The van der Waals surface area contributed by atoms with Gasteiger partial charge in [-0.2, -0.15) is 0 Å². The van der Waals surface area contributed by atoms with Gasteiger partial charge in [-0.15, -0.1) is 0 Å². The van der Waals surface area contributed by atoms with Gasteiger partial charge in [-0.25, -0.2) is 4.39 Å². The lowest BCUT2D eigenvalue weighted by Gasteiger charge is -2.35. The Morgan fingerprint density at radius 2 is 1.61 bits per heavy atom. The van der Waals surface area contributed by atoms with Crippen LogP contribution in [0.5, 0.6) is 0 Å². The van der Waals surface area contributed by atoms with Crippen molar-refractivity contribution in [2.75, 3.05) is 32.7 Å². The molecule has 1 saturated heterocycles. The molecular weight excluding hydrogens is 449 g/mol. The van der Waals surface area contributed by atoms with E-state index in [2.05, 4.69) is 52.1 Å². The minimum absolute atomic E-state index is 0.129. The van der Waals surface area contributed by atoms with Crippen molar-refractivity contribution in [3.05, 3.63) is 114 Å². The molecule has 36 heavy (non-hydrogen) atoms. The summed E-state index contributed by atoms with van der Waals surface area (Å²) in [5, 5.41) is 1.14. The van der Waals surface area contributed by atoms with Crippen molar-refractivity contribution in [1.82, 2.24) is 14.4 Å². The average molecular weight is 482 g/mol. The molecule has 0 spiro atoms. The molecule has 1 fully saturated rings. The fourth-order valence-electron chi connectivity index (χ4n) is 5.14. The molecule has 0 N–H and O–H groups in total. The van der Waals surface area contributed by atoms with Crippen molar-refractivity contribution < 1.29 is 9.18 Å². The van der Waals surface area contributed by atoms with Gasteiger partial charge in [0.2, 0.25) is 5.91 Å². The monoisotopic (exact) mass is 481 g/mol. The van der Waals surface area contributed by atoms with E-state index >= 15 is 0 Å². The van der Waals surface area contributed by atoms with E-state index in [9.17, 15) is 9.18 Å². The lowest BCUT2D eigenvalue weighted by Crippen LogP contribution is -2.48. The molecule has 5 heteroatoms. The Hall–Kier alpha value is -3.70. The van der Waals surface area contributed by atoms with Crippen LogP contribution in [0.1, 0.15) is 29.0 Å². The van der Waals surface area contributed by atoms with E-state index in [1.807, 2.05) is 54.4 Å². The number of aromatic nitrogens is 1. The minimum Gasteiger partial charge on any atom is -0.350 e. The van der Waals surface area contributed by atoms with Crippen LogP contribution in [0.3, 0.4) is 0 Å². The zero-order valence-corrected chi connectivity index (χ0v) is 20.7. The zero-order valence-electron chi connectivity index (χ0n) is 20.7. The van der Waals surface area contributed by atoms with Crippen molar-refractivity contribution in [1.29, 1.82) is 0 Å². The van der Waals surface area contributed by atoms with E-state index < -0.39 is 0 Å². The predicted octanol–water partition coefficient (Wildman–Crippen LogP) is 5.70. The van der Waals surface area contributed by atoms with Gasteiger partial charge < -0.3 is 9.47 Å². The fraction of sp³-hybridized carbons (Fsp3) is 0.258. The molecule has 2 heterocycles. The van der Waals surface area contributed by atoms with E-state index in [-0.39, 0.29) is 17.6 Å². The molecule has 4 aromatic rings. The van der Waals surface area contributed by atoms with Gasteiger partial charge in [0.05, 0.1) is 0 Å². The Kier molecular flexibility index (Phi) is 7.28. The molecule has 1 unspecified atom stereocenters. The highest BCUT2D eigenvalue weighted by molar-refractivity contribution is 5.86. The van der Waals surface area contributed by atoms with Gasteiger partial charge >= 0.3 is 0 Å². The molecule has 1 aliphatic rings. The molecule has 0 radical (unpaired) electrons. The van der Waals surface area contributed by atoms with Crippen molar-refractivity contribution in [3.63, 3.8) is 0 Å². The first-order valence-electron chi connectivity index (χ1n) is 12.6. The lowest BCUT2D eigenvalue weighted by molar-refractivity contribution is -0.133. The Labute approximate surface area is 212 Å². The van der Waals surface area contributed by atoms with Crippen LogP contribution in [0.15, 0.2) is 91.1 Å². The number of fused-ring (bicyclic) bond motifs is 1. The number of hydrogen-bond acceptors (Lipinski definition) is 2. The summed E-state index contributed by atoms with van der Waals surface area (Å²) < 4.78 is 15.8. The number of hydrogen-bond donors (Lipinski definition) is 0. The van der Waals surface area contributed by atoms with Crippen LogP contribution in [0, 0.1) is 5.82 Å². The molecule has 0 bridgehead atoms. The highest BCUT2D eigenvalue weighted by Gasteiger charge is 2.27. The second kappa shape index (κ2) is 10.9. The van der Waals surface area contributed by atoms with Crippen LogP contribution in [-0.2, 0) is 11.8 Å². The number of para-hydroxylation sites is 1. The Balaban J connectivity index is 1.27. The van der Waals surface area contributed by atoms with Crippen LogP contribution in [0.4, 0.5) is 4.39 Å². The Morgan fingerprint density at radius 3 is 2.36 bits per heavy atom. The Morgan fingerprint density at radius 1 is 0.917 bits per heavy atom. The predicted molar refractivity (Wildman–Crippen MR) is 144 cm³/mol. The molecule has 1 aromatic heterocycles. The highest BCUT2D eigenvalue weighted by atomic mass is 19.1. The third kappa shape index (κ3) is 5.42. The van der Waals surface area contributed by atoms with Crippen molar-refractivity contribution >= 4 is 22.9 Å². The van der Waals surface area contributed by atoms with Gasteiger partial charge in [-0.05, 0) is 34.9 Å². The number of amides is 1. The van der Waals surface area contributed by atoms with E-state index in [1.165, 1.54) is 17.7 Å². The maximum atomic E-state index is 13.7. The average Bonchev–Trinajstić information content (AvgIpc) is 3.25. The van der Waals surface area contributed by atoms with Gasteiger partial charge in [0.25, 0.3) is 0 Å². The Bertz CT molecular complexity index is 1340. The largest absolute Gasteiger partial charge is 0.350 e. The van der Waals surface area contributed by atoms with E-state index in [1.54, 1.807) is 0 Å². The molecule has 0 saturated carbocycles. The van der Waals surface area contributed by atoms with E-state index in [4.69, 9.17) is 0 Å². The molecule has 0 aliphatic carbocycles. The van der Waals surface area contributed by atoms with E-state index in [0.29, 0.717) is 6.42 Å². The zero-order chi connectivity index (χ0) is 24.9. The van der Waals surface area contributed by atoms with Crippen LogP contribution in [0.2, 0.25) is 0 Å². The lowest BCUT2D eigenvalue weighted by atomic mass is 9.87. The molecule has 184 valence electrons. The molecule has 1 amide bonds. The molecule has 5 rings (SSSR count). The maximum Gasteiger partial charge on any atom is 0.223 e. The van der Waals surface area contributed by atoms with Gasteiger partial charge in [0.15, 0.2) is 0 Å². The first-order valence-corrected chi connectivity index (χ1v) is 12.6. The summed E-state index contributed by atoms with van der Waals surface area (Å²) in [4.78, 5) is 17.8. The number of benzene rings is 3. The third-order valence-electron chi connectivity index (χ3n) is 7.15. The van der Waals surface area contributed by atoms with Gasteiger partial charge in [-0.1, -0.05) is 72.8 Å². The van der Waals surface area contributed by atoms with E-state index in [0.717, 1.165) is 54.8 Å². The van der Waals surface area contributed by atoms with Crippen LogP contribution >= 0.6 is 0 Å². The second-order valence-corrected chi connectivity index (χ2v) is 9.52. The number of rotatable bonds is 7. The van der Waals surface area contributed by atoms with Gasteiger partial charge in [-0.3, -0.25) is 9.69 Å². The summed E-state index contributed by atoms with van der Waals surface area (Å²) in [6, 6.07) is 25.1. The van der Waals surface area contributed by atoms with Gasteiger partial charge in [0, 0.05) is 69.2 Å². The van der Waals surface area contributed by atoms with Crippen molar-refractivity contribution in [2.45, 2.75) is 12.3 Å². The maximum absolute atomic E-state index is 13.7. The number of carbonyl (C=O) groups excluding carboxylic acids is 1. The summed E-state index contributed by atoms with van der Waals surface area (Å²) in [6.45, 7) is 4.05. The summed E-state index contributed by atoms with van der Waals surface area (Å²) in [7, 11) is 2.03. The number of nitrogens with zero attached hydrogens (tertiary/aromatic N) is 3. The van der Waals surface area contributed by atoms with Crippen LogP contribution < -0.4 is 0 Å². The number of carbonyl (C=O) groups is 1. The summed E-state index contributed by atoms with van der Waals surface area (Å²) in [5.41, 5.74) is 4.40. The summed E-state index contributed by atoms with van der Waals surface area (Å²) in [5.74, 6) is -0.244. The van der Waals surface area contributed by atoms with Crippen molar-refractivity contribution in [2.24, 2.45) is 7.05 Å². The third-order valence-corrected chi connectivity index (χ3v) is 7.15. The SMILES string of the molecule is Cn1cc(C(CC(=O)N2CCN(C/C=C/c3ccccc3)CC2)c2ccc(F)cc2)c2ccccc21. The van der Waals surface area contributed by atoms with Crippen molar-refractivity contribution in [3.8, 4) is 0 Å². The molecular formula is C31H32FN3O. The number of halogens is 1. The van der Waals surface area contributed by atoms with Gasteiger partial charge in [0.1, 0.15) is 5.82 Å².